The predicted molar refractivity (Wildman–Crippen MR) is 78.6 cm³/mol. The number of nitrogens with zero attached hydrogens (tertiary/aromatic N) is 1. The largest absolute Gasteiger partial charge is 0.486 e. The van der Waals surface area contributed by atoms with Crippen LogP contribution in [0.25, 0.3) is 0 Å². The number of hydrogen-bond acceptors (Lipinski definition) is 4. The van der Waals surface area contributed by atoms with E-state index in [9.17, 15) is 4.39 Å². The first-order chi connectivity index (χ1) is 10.3. The highest BCUT2D eigenvalue weighted by Gasteiger charge is 2.05. The van der Waals surface area contributed by atoms with E-state index in [1.54, 1.807) is 25.6 Å². The first-order valence-corrected chi connectivity index (χ1v) is 6.79. The fourth-order valence-corrected chi connectivity index (χ4v) is 1.82. The van der Waals surface area contributed by atoms with E-state index in [0.717, 1.165) is 17.7 Å². The van der Waals surface area contributed by atoms with Crippen molar-refractivity contribution in [2.75, 3.05) is 20.3 Å². The highest BCUT2D eigenvalue weighted by molar-refractivity contribution is 5.29. The third-order valence-electron chi connectivity index (χ3n) is 2.93. The van der Waals surface area contributed by atoms with Crippen molar-refractivity contribution in [1.82, 2.24) is 10.3 Å². The van der Waals surface area contributed by atoms with Crippen molar-refractivity contribution in [3.05, 3.63) is 59.7 Å². The van der Waals surface area contributed by atoms with Gasteiger partial charge in [0, 0.05) is 38.2 Å². The highest BCUT2D eigenvalue weighted by Crippen LogP contribution is 2.19. The quantitative estimate of drug-likeness (QED) is 0.759. The number of nitrogens with one attached hydrogen (secondary N) is 1. The number of rotatable bonds is 8. The molecule has 1 N–H and O–H groups in total. The van der Waals surface area contributed by atoms with Gasteiger partial charge in [0.25, 0.3) is 0 Å². The van der Waals surface area contributed by atoms with E-state index in [1.807, 2.05) is 18.2 Å². The van der Waals surface area contributed by atoms with Crippen LogP contribution in [0.2, 0.25) is 0 Å². The maximum Gasteiger partial charge on any atom is 0.165 e. The monoisotopic (exact) mass is 290 g/mol. The Morgan fingerprint density at radius 3 is 2.86 bits per heavy atom. The van der Waals surface area contributed by atoms with Crippen LogP contribution in [-0.4, -0.2) is 25.2 Å². The van der Waals surface area contributed by atoms with Gasteiger partial charge in [-0.25, -0.2) is 4.39 Å². The molecule has 0 fully saturated rings. The third kappa shape index (κ3) is 5.13. The molecule has 5 heteroatoms. The van der Waals surface area contributed by atoms with E-state index in [1.165, 1.54) is 6.07 Å². The van der Waals surface area contributed by atoms with E-state index in [2.05, 4.69) is 10.3 Å². The van der Waals surface area contributed by atoms with Gasteiger partial charge >= 0.3 is 0 Å². The minimum atomic E-state index is -0.357. The molecule has 0 aliphatic carbocycles. The Morgan fingerprint density at radius 1 is 1.24 bits per heavy atom. The molecule has 0 aliphatic rings. The molecule has 0 bridgehead atoms. The average molecular weight is 290 g/mol. The van der Waals surface area contributed by atoms with Crippen LogP contribution in [0.4, 0.5) is 4.39 Å². The van der Waals surface area contributed by atoms with Crippen molar-refractivity contribution < 1.29 is 13.9 Å². The molecule has 0 saturated carbocycles. The molecule has 1 aromatic heterocycles. The lowest BCUT2D eigenvalue weighted by atomic mass is 10.2. The molecule has 0 radical (unpaired) electrons. The lowest BCUT2D eigenvalue weighted by molar-refractivity contribution is 0.199. The standard InChI is InChI=1S/C16H19FN2O2/c1-20-8-7-19-10-13-4-5-16(15(17)9-13)21-12-14-3-2-6-18-11-14/h2-6,9,11,19H,7-8,10,12H2,1H3. The lowest BCUT2D eigenvalue weighted by Crippen LogP contribution is -2.18. The van der Waals surface area contributed by atoms with Crippen molar-refractivity contribution in [1.29, 1.82) is 0 Å². The number of ether oxygens (including phenoxy) is 2. The fraction of sp³-hybridized carbons (Fsp3) is 0.312. The SMILES string of the molecule is COCCNCc1ccc(OCc2cccnc2)c(F)c1. The molecular weight excluding hydrogens is 271 g/mol. The number of benzene rings is 1. The third-order valence-corrected chi connectivity index (χ3v) is 2.93. The number of methoxy groups -OCH3 is 1. The molecule has 21 heavy (non-hydrogen) atoms. The smallest absolute Gasteiger partial charge is 0.165 e. The van der Waals surface area contributed by atoms with Gasteiger partial charge in [0.05, 0.1) is 6.61 Å². The van der Waals surface area contributed by atoms with Crippen molar-refractivity contribution >= 4 is 0 Å². The first kappa shape index (κ1) is 15.4. The van der Waals surface area contributed by atoms with Crippen LogP contribution in [0.3, 0.4) is 0 Å². The van der Waals surface area contributed by atoms with Crippen LogP contribution in [0.15, 0.2) is 42.7 Å². The summed E-state index contributed by atoms with van der Waals surface area (Å²) in [4.78, 5) is 3.99. The summed E-state index contributed by atoms with van der Waals surface area (Å²) in [5, 5.41) is 3.17. The van der Waals surface area contributed by atoms with Crippen LogP contribution in [-0.2, 0) is 17.9 Å². The predicted octanol–water partition coefficient (Wildman–Crippen LogP) is 2.54. The number of aromatic nitrogens is 1. The first-order valence-electron chi connectivity index (χ1n) is 6.79. The maximum atomic E-state index is 13.9. The van der Waals surface area contributed by atoms with E-state index in [-0.39, 0.29) is 11.6 Å². The number of halogens is 1. The van der Waals surface area contributed by atoms with Crippen molar-refractivity contribution in [2.45, 2.75) is 13.2 Å². The molecule has 0 unspecified atom stereocenters. The van der Waals surface area contributed by atoms with Gasteiger partial charge in [0.2, 0.25) is 0 Å². The van der Waals surface area contributed by atoms with Gasteiger partial charge < -0.3 is 14.8 Å². The van der Waals surface area contributed by atoms with Crippen LogP contribution in [0.1, 0.15) is 11.1 Å². The minimum Gasteiger partial charge on any atom is -0.486 e. The fourth-order valence-electron chi connectivity index (χ4n) is 1.82. The van der Waals surface area contributed by atoms with Gasteiger partial charge in [-0.1, -0.05) is 12.1 Å². The van der Waals surface area contributed by atoms with Gasteiger partial charge in [0.15, 0.2) is 11.6 Å². The average Bonchev–Trinajstić information content (AvgIpc) is 2.52. The second-order valence-electron chi connectivity index (χ2n) is 4.58. The Bertz CT molecular complexity index is 549. The summed E-state index contributed by atoms with van der Waals surface area (Å²) in [5.74, 6) is -0.107. The topological polar surface area (TPSA) is 43.4 Å². The van der Waals surface area contributed by atoms with Crippen LogP contribution in [0.5, 0.6) is 5.75 Å². The Kier molecular flexibility index (Phi) is 6.12. The summed E-state index contributed by atoms with van der Waals surface area (Å²) in [7, 11) is 1.65. The summed E-state index contributed by atoms with van der Waals surface area (Å²) in [6, 6.07) is 8.70. The Hall–Kier alpha value is -1.98. The van der Waals surface area contributed by atoms with Gasteiger partial charge in [-0.3, -0.25) is 4.98 Å². The normalized spacial score (nSPS) is 10.6. The minimum absolute atomic E-state index is 0.250. The zero-order valence-corrected chi connectivity index (χ0v) is 12.0. The Labute approximate surface area is 123 Å². The van der Waals surface area contributed by atoms with Crippen molar-refractivity contribution in [2.24, 2.45) is 0 Å². The second-order valence-corrected chi connectivity index (χ2v) is 4.58. The van der Waals surface area contributed by atoms with Crippen LogP contribution in [0, 0.1) is 5.82 Å². The summed E-state index contributed by atoms with van der Waals surface area (Å²) >= 11 is 0. The van der Waals surface area contributed by atoms with E-state index in [4.69, 9.17) is 9.47 Å². The van der Waals surface area contributed by atoms with Crippen molar-refractivity contribution in [3.8, 4) is 5.75 Å². The molecule has 2 aromatic rings. The van der Waals surface area contributed by atoms with Gasteiger partial charge in [-0.05, 0) is 23.8 Å². The highest BCUT2D eigenvalue weighted by atomic mass is 19.1. The molecule has 0 saturated heterocycles. The van der Waals surface area contributed by atoms with E-state index >= 15 is 0 Å². The van der Waals surface area contributed by atoms with E-state index < -0.39 is 0 Å². The van der Waals surface area contributed by atoms with Gasteiger partial charge in [-0.2, -0.15) is 0 Å². The molecule has 4 nitrogen and oxygen atoms in total. The lowest BCUT2D eigenvalue weighted by Gasteiger charge is -2.09. The maximum absolute atomic E-state index is 13.9. The molecule has 0 aliphatic heterocycles. The Balaban J connectivity index is 1.87. The molecule has 1 heterocycles. The molecular formula is C16H19FN2O2. The zero-order valence-electron chi connectivity index (χ0n) is 12.0. The van der Waals surface area contributed by atoms with Crippen LogP contribution < -0.4 is 10.1 Å². The summed E-state index contributed by atoms with van der Waals surface area (Å²) in [5.41, 5.74) is 1.78. The summed E-state index contributed by atoms with van der Waals surface area (Å²) in [6.45, 7) is 2.27. The van der Waals surface area contributed by atoms with Crippen LogP contribution >= 0.6 is 0 Å². The Morgan fingerprint density at radius 2 is 2.14 bits per heavy atom. The zero-order chi connectivity index (χ0) is 14.9. The second kappa shape index (κ2) is 8.34. The molecule has 0 atom stereocenters. The summed E-state index contributed by atoms with van der Waals surface area (Å²) < 4.78 is 24.3. The number of hydrogen-bond donors (Lipinski definition) is 1. The molecule has 0 amide bonds. The van der Waals surface area contributed by atoms with Crippen molar-refractivity contribution in [3.63, 3.8) is 0 Å². The molecule has 0 spiro atoms. The molecule has 1 aromatic carbocycles. The molecule has 112 valence electrons. The molecule has 2 rings (SSSR count). The number of pyridine rings is 1. The summed E-state index contributed by atoms with van der Waals surface area (Å²) in [6.07, 6.45) is 3.39. The van der Waals surface area contributed by atoms with Gasteiger partial charge in [0.1, 0.15) is 6.61 Å². The van der Waals surface area contributed by atoms with E-state index in [0.29, 0.717) is 19.8 Å². The van der Waals surface area contributed by atoms with Gasteiger partial charge in [-0.15, -0.1) is 0 Å².